The number of benzene rings is 1. The van der Waals surface area contributed by atoms with E-state index < -0.39 is 72.4 Å². The molecule has 0 bridgehead atoms. The molecule has 0 aliphatic heterocycles. The van der Waals surface area contributed by atoms with Gasteiger partial charge in [-0.15, -0.1) is 23.4 Å². The number of aliphatic hydroxyl groups is 1. The number of ether oxygens (including phenoxy) is 2. The van der Waals surface area contributed by atoms with Crippen molar-refractivity contribution in [2.24, 2.45) is 0 Å². The molecule has 0 radical (unpaired) electrons. The Bertz CT molecular complexity index is 1610. The largest absolute Gasteiger partial charge is 0.573 e. The maximum absolute atomic E-state index is 15.0. The second-order valence-electron chi connectivity index (χ2n) is 7.97. The number of hydrogen-bond donors (Lipinski definition) is 1. The van der Waals surface area contributed by atoms with Crippen molar-refractivity contribution in [3.8, 4) is 23.0 Å². The fourth-order valence-electron chi connectivity index (χ4n) is 3.49. The van der Waals surface area contributed by atoms with Crippen LogP contribution in [0.5, 0.6) is 5.75 Å². The summed E-state index contributed by atoms with van der Waals surface area (Å²) in [5.74, 6) is -4.28. The summed E-state index contributed by atoms with van der Waals surface area (Å²) in [4.78, 5) is 33.1. The van der Waals surface area contributed by atoms with Gasteiger partial charge in [-0.2, -0.15) is 4.68 Å². The number of alkyl halides is 6. The van der Waals surface area contributed by atoms with Gasteiger partial charge in [0.2, 0.25) is 12.1 Å². The molecule has 12 nitrogen and oxygen atoms in total. The summed E-state index contributed by atoms with van der Waals surface area (Å²) in [6, 6.07) is 7.31. The first kappa shape index (κ1) is 29.5. The number of hydrogen-bond acceptors (Lipinski definition) is 9. The fourth-order valence-corrected chi connectivity index (χ4v) is 3.61. The number of aliphatic hydroxyl groups excluding tert-OH is 1. The molecule has 4 rings (SSSR count). The average Bonchev–Trinajstić information content (AvgIpc) is 3.48. The molecule has 0 fully saturated rings. The summed E-state index contributed by atoms with van der Waals surface area (Å²) < 4.78 is 89.8. The molecule has 0 spiro atoms. The molecule has 3 heterocycles. The lowest BCUT2D eigenvalue weighted by Gasteiger charge is -2.16. The Hall–Kier alpha value is -4.45. The number of pyridine rings is 1. The molecule has 1 aromatic carbocycles. The van der Waals surface area contributed by atoms with Crippen LogP contribution in [0, 0.1) is 0 Å². The van der Waals surface area contributed by atoms with Crippen molar-refractivity contribution in [2.75, 3.05) is 7.11 Å². The van der Waals surface area contributed by atoms with Crippen molar-refractivity contribution < 1.29 is 45.7 Å². The Labute approximate surface area is 229 Å². The molecule has 0 saturated carbocycles. The molecule has 0 aliphatic rings. The van der Waals surface area contributed by atoms with Crippen LogP contribution in [0.25, 0.3) is 17.2 Å². The van der Waals surface area contributed by atoms with Crippen molar-refractivity contribution in [1.29, 1.82) is 0 Å². The van der Waals surface area contributed by atoms with Crippen molar-refractivity contribution in [2.45, 2.75) is 31.7 Å². The van der Waals surface area contributed by atoms with Gasteiger partial charge in [0.25, 0.3) is 6.43 Å². The predicted octanol–water partition coefficient (Wildman–Crippen LogP) is 3.17. The van der Waals surface area contributed by atoms with E-state index in [0.29, 0.717) is 9.36 Å². The van der Waals surface area contributed by atoms with E-state index in [1.807, 2.05) is 0 Å². The van der Waals surface area contributed by atoms with Crippen LogP contribution in [0.4, 0.5) is 26.3 Å². The summed E-state index contributed by atoms with van der Waals surface area (Å²) in [6.45, 7) is -0.747. The van der Waals surface area contributed by atoms with Crippen molar-refractivity contribution in [3.05, 3.63) is 69.8 Å². The first-order valence-corrected chi connectivity index (χ1v) is 11.5. The number of rotatable bonds is 9. The highest BCUT2D eigenvalue weighted by molar-refractivity contribution is 6.30. The lowest BCUT2D eigenvalue weighted by Crippen LogP contribution is -2.35. The molecule has 218 valence electrons. The minimum atomic E-state index is -5.14. The normalized spacial score (nSPS) is 13.3. The van der Waals surface area contributed by atoms with Crippen LogP contribution in [0.2, 0.25) is 5.02 Å². The molecule has 0 saturated heterocycles. The van der Waals surface area contributed by atoms with Gasteiger partial charge < -0.3 is 14.6 Å². The quantitative estimate of drug-likeness (QED) is 0.224. The summed E-state index contributed by atoms with van der Waals surface area (Å²) in [6.07, 6.45) is -13.5. The Morgan fingerprint density at radius 1 is 1.12 bits per heavy atom. The van der Waals surface area contributed by atoms with Crippen LogP contribution in [-0.2, 0) is 11.3 Å². The van der Waals surface area contributed by atoms with Crippen LogP contribution in [0.15, 0.2) is 47.4 Å². The Morgan fingerprint density at radius 3 is 2.41 bits per heavy atom. The van der Waals surface area contributed by atoms with Gasteiger partial charge in [-0.3, -0.25) is 0 Å². The van der Waals surface area contributed by atoms with Crippen LogP contribution in [0.1, 0.15) is 22.7 Å². The first-order valence-electron chi connectivity index (χ1n) is 11.1. The van der Waals surface area contributed by atoms with E-state index in [-0.39, 0.29) is 15.2 Å². The number of aromatic nitrogens is 7. The van der Waals surface area contributed by atoms with Crippen LogP contribution < -0.4 is 10.4 Å². The number of esters is 1. The third-order valence-corrected chi connectivity index (χ3v) is 5.50. The van der Waals surface area contributed by atoms with E-state index in [4.69, 9.17) is 11.6 Å². The highest BCUT2D eigenvalue weighted by Crippen LogP contribution is 2.28. The van der Waals surface area contributed by atoms with Gasteiger partial charge in [-0.05, 0) is 36.4 Å². The fraction of sp³-hybridized carbons (Fsp3) is 0.273. The molecule has 41 heavy (non-hydrogen) atoms. The summed E-state index contributed by atoms with van der Waals surface area (Å²) in [5, 5.41) is 17.7. The van der Waals surface area contributed by atoms with Crippen LogP contribution in [0.3, 0.4) is 0 Å². The third kappa shape index (κ3) is 6.32. The zero-order valence-corrected chi connectivity index (χ0v) is 21.1. The molecule has 2 atom stereocenters. The number of carbonyl (C=O) groups excluding carboxylic acids is 1. The highest BCUT2D eigenvalue weighted by atomic mass is 35.5. The highest BCUT2D eigenvalue weighted by Gasteiger charge is 2.35. The molecular formula is C22H16ClF6N7O5. The molecule has 3 aromatic heterocycles. The zero-order chi connectivity index (χ0) is 30.1. The van der Waals surface area contributed by atoms with Gasteiger partial charge in [0, 0.05) is 16.8 Å². The van der Waals surface area contributed by atoms with Crippen molar-refractivity contribution in [1.82, 2.24) is 34.1 Å². The van der Waals surface area contributed by atoms with E-state index in [1.165, 1.54) is 24.3 Å². The average molecular weight is 608 g/mol. The van der Waals surface area contributed by atoms with E-state index >= 15 is 0 Å². The monoisotopic (exact) mass is 607 g/mol. The summed E-state index contributed by atoms with van der Waals surface area (Å²) in [7, 11) is 0.951. The van der Waals surface area contributed by atoms with Crippen LogP contribution in [-0.4, -0.2) is 71.2 Å². The molecule has 4 aromatic rings. The molecule has 0 amide bonds. The minimum Gasteiger partial charge on any atom is -0.463 e. The number of methoxy groups -OCH3 is 1. The summed E-state index contributed by atoms with van der Waals surface area (Å²) in [5.41, 5.74) is -1.29. The standard InChI is InChI=1S/C22H16ClF6N7O5/c1-40-20(38)19-31-13(32-36(19)18-12(3-2-8-30-18)41-22(27,28)29)9-34-21(39)35(16(26)14(37)15(24)25)17(33-34)10-4-6-11(23)7-5-10/h2-8,14-16,37H,9H2,1H3/t14-,16?/m1/s1. The Kier molecular flexibility index (Phi) is 8.34. The van der Waals surface area contributed by atoms with Gasteiger partial charge in [-0.1, -0.05) is 11.6 Å². The number of nitrogens with zero attached hydrogens (tertiary/aromatic N) is 7. The topological polar surface area (TPSA) is 139 Å². The maximum atomic E-state index is 15.0. The number of carbonyl (C=O) groups is 1. The minimum absolute atomic E-state index is 0.0468. The van der Waals surface area contributed by atoms with E-state index in [1.54, 1.807) is 0 Å². The molecule has 19 heteroatoms. The lowest BCUT2D eigenvalue weighted by atomic mass is 10.2. The van der Waals surface area contributed by atoms with Gasteiger partial charge >= 0.3 is 18.0 Å². The molecule has 1 unspecified atom stereocenters. The van der Waals surface area contributed by atoms with Gasteiger partial charge in [0.05, 0.1) is 7.11 Å². The SMILES string of the molecule is COC(=O)c1nc(Cn2nc(-c3ccc(Cl)cc3)n(C(F)[C@H](O)C(F)F)c2=O)nn1-c1ncccc1OC(F)(F)F. The van der Waals surface area contributed by atoms with Crippen molar-refractivity contribution in [3.63, 3.8) is 0 Å². The van der Waals surface area contributed by atoms with E-state index in [0.717, 1.165) is 25.4 Å². The molecule has 0 aliphatic carbocycles. The lowest BCUT2D eigenvalue weighted by molar-refractivity contribution is -0.274. The van der Waals surface area contributed by atoms with E-state index in [9.17, 15) is 41.0 Å². The third-order valence-electron chi connectivity index (χ3n) is 5.25. The van der Waals surface area contributed by atoms with Crippen LogP contribution >= 0.6 is 11.6 Å². The van der Waals surface area contributed by atoms with E-state index in [2.05, 4.69) is 29.6 Å². The zero-order valence-electron chi connectivity index (χ0n) is 20.3. The maximum Gasteiger partial charge on any atom is 0.573 e. The first-order chi connectivity index (χ1) is 19.3. The smallest absolute Gasteiger partial charge is 0.463 e. The number of halogens is 7. The summed E-state index contributed by atoms with van der Waals surface area (Å²) >= 11 is 5.85. The second-order valence-corrected chi connectivity index (χ2v) is 8.40. The van der Waals surface area contributed by atoms with Gasteiger partial charge in [0.1, 0.15) is 6.54 Å². The molecular weight excluding hydrogens is 592 g/mol. The Morgan fingerprint density at radius 2 is 1.80 bits per heavy atom. The van der Waals surface area contributed by atoms with Gasteiger partial charge in [0.15, 0.2) is 29.3 Å². The van der Waals surface area contributed by atoms with Gasteiger partial charge in [-0.25, -0.2) is 42.0 Å². The predicted molar refractivity (Wildman–Crippen MR) is 125 cm³/mol. The van der Waals surface area contributed by atoms with Crippen molar-refractivity contribution >= 4 is 17.6 Å². The molecule has 1 N–H and O–H groups in total. The Balaban J connectivity index is 1.83. The second kappa shape index (κ2) is 11.6.